The van der Waals surface area contributed by atoms with Crippen LogP contribution < -0.4 is 5.32 Å². The smallest absolute Gasteiger partial charge is 0.378 e. The Balaban J connectivity index is 2.11. The second-order valence-electron chi connectivity index (χ2n) is 6.06. The molecule has 0 aromatic heterocycles. The van der Waals surface area contributed by atoms with Crippen LogP contribution >= 0.6 is 0 Å². The maximum atomic E-state index is 12.7. The number of carbonyl (C=O) groups excluding carboxylic acids is 2. The first-order chi connectivity index (χ1) is 11.1. The molecule has 1 fully saturated rings. The van der Waals surface area contributed by atoms with Gasteiger partial charge in [0.15, 0.2) is 0 Å². The Bertz CT molecular complexity index is 623. The fourth-order valence-electron chi connectivity index (χ4n) is 2.32. The molecule has 0 unspecified atom stereocenters. The van der Waals surface area contributed by atoms with Crippen LogP contribution in [0.2, 0.25) is 0 Å². The third-order valence-corrected chi connectivity index (χ3v) is 3.85. The van der Waals surface area contributed by atoms with Gasteiger partial charge in [-0.25, -0.2) is 0 Å². The summed E-state index contributed by atoms with van der Waals surface area (Å²) in [6.45, 7) is 4.48. The van der Waals surface area contributed by atoms with Crippen LogP contribution in [0.4, 0.5) is 18.9 Å². The Morgan fingerprint density at radius 2 is 1.79 bits per heavy atom. The summed E-state index contributed by atoms with van der Waals surface area (Å²) < 4.78 is 43.3. The van der Waals surface area contributed by atoms with E-state index in [0.717, 1.165) is 12.1 Å². The number of hydrogen-bond donors (Lipinski definition) is 1. The van der Waals surface area contributed by atoms with Crippen LogP contribution in [0.1, 0.15) is 19.4 Å². The SMILES string of the molecule is CC(C)(C(=O)Nc1cccc(C(F)(F)F)c1)C(=O)N1CCOCC1. The van der Waals surface area contributed by atoms with Gasteiger partial charge in [-0.2, -0.15) is 13.2 Å². The number of ether oxygens (including phenoxy) is 1. The molecule has 5 nitrogen and oxygen atoms in total. The van der Waals surface area contributed by atoms with Crippen LogP contribution in [0.5, 0.6) is 0 Å². The maximum absolute atomic E-state index is 12.7. The zero-order chi connectivity index (χ0) is 18.0. The quantitative estimate of drug-likeness (QED) is 0.858. The van der Waals surface area contributed by atoms with Gasteiger partial charge in [0.1, 0.15) is 5.41 Å². The van der Waals surface area contributed by atoms with Crippen molar-refractivity contribution in [1.29, 1.82) is 0 Å². The first-order valence-electron chi connectivity index (χ1n) is 7.48. The van der Waals surface area contributed by atoms with Crippen LogP contribution in [0.15, 0.2) is 24.3 Å². The standard InChI is InChI=1S/C16H19F3N2O3/c1-15(2,14(23)21-6-8-24-9-7-21)13(22)20-12-5-3-4-11(10-12)16(17,18)19/h3-5,10H,6-9H2,1-2H3,(H,20,22). The van der Waals surface area contributed by atoms with Gasteiger partial charge in [-0.15, -0.1) is 0 Å². The van der Waals surface area contributed by atoms with Crippen LogP contribution in [0.3, 0.4) is 0 Å². The van der Waals surface area contributed by atoms with Crippen LogP contribution in [-0.2, 0) is 20.5 Å². The molecule has 24 heavy (non-hydrogen) atoms. The second-order valence-corrected chi connectivity index (χ2v) is 6.06. The minimum atomic E-state index is -4.50. The molecule has 1 saturated heterocycles. The van der Waals surface area contributed by atoms with Crippen molar-refractivity contribution < 1.29 is 27.5 Å². The van der Waals surface area contributed by atoms with Crippen molar-refractivity contribution in [3.8, 4) is 0 Å². The predicted octanol–water partition coefficient (Wildman–Crippen LogP) is 2.53. The van der Waals surface area contributed by atoms with Gasteiger partial charge in [-0.05, 0) is 32.0 Å². The third kappa shape index (κ3) is 4.05. The molecule has 1 aliphatic heterocycles. The second kappa shape index (κ2) is 6.80. The summed E-state index contributed by atoms with van der Waals surface area (Å²) in [6.07, 6.45) is -4.50. The van der Waals surface area contributed by atoms with Crippen molar-refractivity contribution in [3.05, 3.63) is 29.8 Å². The molecule has 0 aliphatic carbocycles. The molecule has 0 spiro atoms. The van der Waals surface area contributed by atoms with E-state index in [1.807, 2.05) is 0 Å². The molecule has 0 atom stereocenters. The number of hydrogen-bond acceptors (Lipinski definition) is 3. The van der Waals surface area contributed by atoms with Gasteiger partial charge in [-0.1, -0.05) is 6.07 Å². The van der Waals surface area contributed by atoms with Crippen LogP contribution in [0.25, 0.3) is 0 Å². The van der Waals surface area contributed by atoms with Gasteiger partial charge in [0.05, 0.1) is 18.8 Å². The highest BCUT2D eigenvalue weighted by molar-refractivity contribution is 6.09. The van der Waals surface area contributed by atoms with Crippen molar-refractivity contribution in [1.82, 2.24) is 4.90 Å². The van der Waals surface area contributed by atoms with Gasteiger partial charge in [0.2, 0.25) is 11.8 Å². The van der Waals surface area contributed by atoms with Crippen molar-refractivity contribution in [3.63, 3.8) is 0 Å². The Kier molecular flexibility index (Phi) is 5.17. The summed E-state index contributed by atoms with van der Waals surface area (Å²) in [4.78, 5) is 26.4. The maximum Gasteiger partial charge on any atom is 0.416 e. The number of benzene rings is 1. The molecular formula is C16H19F3N2O3. The van der Waals surface area contributed by atoms with Gasteiger partial charge < -0.3 is 15.0 Å². The number of alkyl halides is 3. The molecule has 2 rings (SSSR count). The molecule has 8 heteroatoms. The number of amides is 2. The number of carbonyl (C=O) groups is 2. The number of morpholine rings is 1. The molecular weight excluding hydrogens is 325 g/mol. The summed E-state index contributed by atoms with van der Waals surface area (Å²) in [5.41, 5.74) is -2.26. The van der Waals surface area contributed by atoms with Crippen molar-refractivity contribution >= 4 is 17.5 Å². The first kappa shape index (κ1) is 18.3. The molecule has 0 saturated carbocycles. The highest BCUT2D eigenvalue weighted by atomic mass is 19.4. The summed E-state index contributed by atoms with van der Waals surface area (Å²) in [5.74, 6) is -1.03. The molecule has 1 aromatic rings. The molecule has 0 bridgehead atoms. The normalized spacial score (nSPS) is 16.0. The molecule has 1 aromatic carbocycles. The predicted molar refractivity (Wildman–Crippen MR) is 81.3 cm³/mol. The lowest BCUT2D eigenvalue weighted by atomic mass is 9.90. The zero-order valence-corrected chi connectivity index (χ0v) is 13.4. The highest BCUT2D eigenvalue weighted by Crippen LogP contribution is 2.31. The number of nitrogens with one attached hydrogen (secondary N) is 1. The van der Waals surface area contributed by atoms with Crippen LogP contribution in [-0.4, -0.2) is 43.0 Å². The molecule has 0 radical (unpaired) electrons. The number of anilines is 1. The number of rotatable bonds is 3. The largest absolute Gasteiger partial charge is 0.416 e. The number of nitrogens with zero attached hydrogens (tertiary/aromatic N) is 1. The summed E-state index contributed by atoms with van der Waals surface area (Å²) in [7, 11) is 0. The van der Waals surface area contributed by atoms with Crippen molar-refractivity contribution in [2.75, 3.05) is 31.6 Å². The van der Waals surface area contributed by atoms with E-state index in [1.165, 1.54) is 30.9 Å². The summed E-state index contributed by atoms with van der Waals surface area (Å²) in [6, 6.07) is 4.31. The lowest BCUT2D eigenvalue weighted by Gasteiger charge is -2.33. The molecule has 1 aliphatic rings. The average Bonchev–Trinajstić information content (AvgIpc) is 2.54. The summed E-state index contributed by atoms with van der Waals surface area (Å²) in [5, 5.41) is 2.40. The van der Waals surface area contributed by atoms with Gasteiger partial charge in [0, 0.05) is 18.8 Å². The third-order valence-electron chi connectivity index (χ3n) is 3.85. The molecule has 1 heterocycles. The fourth-order valence-corrected chi connectivity index (χ4v) is 2.32. The van der Waals surface area contributed by atoms with E-state index in [0.29, 0.717) is 26.3 Å². The Labute approximate surface area is 137 Å². The fraction of sp³-hybridized carbons (Fsp3) is 0.500. The first-order valence-corrected chi connectivity index (χ1v) is 7.48. The lowest BCUT2D eigenvalue weighted by molar-refractivity contribution is -0.149. The Hall–Kier alpha value is -2.09. The van der Waals surface area contributed by atoms with Crippen LogP contribution in [0, 0.1) is 5.41 Å². The van der Waals surface area contributed by atoms with E-state index in [9.17, 15) is 22.8 Å². The number of halogens is 3. The van der Waals surface area contributed by atoms with E-state index < -0.39 is 23.1 Å². The molecule has 132 valence electrons. The average molecular weight is 344 g/mol. The lowest BCUT2D eigenvalue weighted by Crippen LogP contribution is -2.51. The van der Waals surface area contributed by atoms with E-state index in [4.69, 9.17) is 4.74 Å². The topological polar surface area (TPSA) is 58.6 Å². The Morgan fingerprint density at radius 1 is 1.17 bits per heavy atom. The zero-order valence-electron chi connectivity index (χ0n) is 13.4. The van der Waals surface area contributed by atoms with Crippen molar-refractivity contribution in [2.24, 2.45) is 5.41 Å². The van der Waals surface area contributed by atoms with Gasteiger partial charge >= 0.3 is 6.18 Å². The van der Waals surface area contributed by atoms with Gasteiger partial charge in [0.25, 0.3) is 0 Å². The minimum absolute atomic E-state index is 0.00215. The monoisotopic (exact) mass is 344 g/mol. The molecule has 2 amide bonds. The highest BCUT2D eigenvalue weighted by Gasteiger charge is 2.40. The van der Waals surface area contributed by atoms with Gasteiger partial charge in [-0.3, -0.25) is 9.59 Å². The van der Waals surface area contributed by atoms with E-state index in [1.54, 1.807) is 0 Å². The minimum Gasteiger partial charge on any atom is -0.378 e. The molecule has 1 N–H and O–H groups in total. The van der Waals surface area contributed by atoms with Crippen molar-refractivity contribution in [2.45, 2.75) is 20.0 Å². The van der Waals surface area contributed by atoms with E-state index in [-0.39, 0.29) is 11.6 Å². The summed E-state index contributed by atoms with van der Waals surface area (Å²) >= 11 is 0. The Morgan fingerprint density at radius 3 is 2.38 bits per heavy atom. The van der Waals surface area contributed by atoms with E-state index >= 15 is 0 Å². The van der Waals surface area contributed by atoms with E-state index in [2.05, 4.69) is 5.32 Å².